The maximum Gasteiger partial charge on any atom is 0.410 e. The van der Waals surface area contributed by atoms with E-state index in [1.54, 1.807) is 45.0 Å². The third kappa shape index (κ3) is 6.57. The van der Waals surface area contributed by atoms with E-state index in [1.807, 2.05) is 6.07 Å². The Morgan fingerprint density at radius 1 is 1.11 bits per heavy atom. The fourth-order valence-corrected chi connectivity index (χ4v) is 3.85. The lowest BCUT2D eigenvalue weighted by molar-refractivity contribution is -0.384. The van der Waals surface area contributed by atoms with Gasteiger partial charge in [0.2, 0.25) is 0 Å². The molecule has 2 aromatic rings. The molecule has 1 amide bonds. The van der Waals surface area contributed by atoms with Gasteiger partial charge in [0.05, 0.1) is 11.5 Å². The lowest BCUT2D eigenvalue weighted by Crippen LogP contribution is -2.54. The van der Waals surface area contributed by atoms with Gasteiger partial charge < -0.3 is 14.6 Å². The number of non-ortho nitro benzene ring substituents is 1. The van der Waals surface area contributed by atoms with Gasteiger partial charge in [-0.3, -0.25) is 25.1 Å². The Morgan fingerprint density at radius 2 is 1.75 bits per heavy atom. The second kappa shape index (κ2) is 10.7. The first-order valence-corrected chi connectivity index (χ1v) is 11.3. The molecule has 1 saturated heterocycles. The molecule has 11 heteroatoms. The number of likely N-dealkylation sites (tertiary alicyclic amines) is 1. The van der Waals surface area contributed by atoms with Crippen molar-refractivity contribution in [2.75, 3.05) is 6.54 Å². The first kappa shape index (κ1) is 26.6. The van der Waals surface area contributed by atoms with Crippen LogP contribution in [0.5, 0.6) is 0 Å². The largest absolute Gasteiger partial charge is 0.480 e. The van der Waals surface area contributed by atoms with Crippen LogP contribution in [0.4, 0.5) is 10.5 Å². The van der Waals surface area contributed by atoms with E-state index in [1.165, 1.54) is 24.3 Å². The minimum Gasteiger partial charge on any atom is -0.480 e. The van der Waals surface area contributed by atoms with E-state index in [4.69, 9.17) is 9.47 Å². The second-order valence-electron chi connectivity index (χ2n) is 9.59. The Labute approximate surface area is 208 Å². The van der Waals surface area contributed by atoms with Crippen molar-refractivity contribution >= 4 is 23.7 Å². The van der Waals surface area contributed by atoms with Crippen molar-refractivity contribution in [2.45, 2.75) is 57.5 Å². The number of aliphatic carboxylic acids is 1. The third-order valence-corrected chi connectivity index (χ3v) is 5.66. The minimum atomic E-state index is -1.67. The Kier molecular flexibility index (Phi) is 7.93. The van der Waals surface area contributed by atoms with Crippen LogP contribution in [0, 0.1) is 10.1 Å². The number of hydrogen-bond acceptors (Lipinski definition) is 8. The predicted molar refractivity (Wildman–Crippen MR) is 128 cm³/mol. The van der Waals surface area contributed by atoms with E-state index in [2.05, 4.69) is 5.32 Å². The van der Waals surface area contributed by atoms with Gasteiger partial charge >= 0.3 is 18.0 Å². The summed E-state index contributed by atoms with van der Waals surface area (Å²) in [5.74, 6) is -1.99. The van der Waals surface area contributed by atoms with Gasteiger partial charge in [0.15, 0.2) is 0 Å². The summed E-state index contributed by atoms with van der Waals surface area (Å²) in [4.78, 5) is 49.8. The van der Waals surface area contributed by atoms with Crippen LogP contribution in [-0.2, 0) is 32.2 Å². The molecule has 0 bridgehead atoms. The zero-order valence-corrected chi connectivity index (χ0v) is 20.3. The molecule has 0 saturated carbocycles. The lowest BCUT2D eigenvalue weighted by Gasteiger charge is -2.26. The van der Waals surface area contributed by atoms with Crippen molar-refractivity contribution in [3.05, 3.63) is 75.8 Å². The number of esters is 1. The number of amides is 1. The van der Waals surface area contributed by atoms with Crippen LogP contribution >= 0.6 is 0 Å². The van der Waals surface area contributed by atoms with Gasteiger partial charge in [0.1, 0.15) is 23.8 Å². The Balaban J connectivity index is 1.81. The summed E-state index contributed by atoms with van der Waals surface area (Å²) in [5, 5.41) is 23.9. The van der Waals surface area contributed by atoms with Crippen molar-refractivity contribution in [1.82, 2.24) is 10.2 Å². The Bertz CT molecular complexity index is 1110. The predicted octanol–water partition coefficient (Wildman–Crippen LogP) is 3.26. The highest BCUT2D eigenvalue weighted by Gasteiger charge is 2.54. The van der Waals surface area contributed by atoms with Gasteiger partial charge in [0.25, 0.3) is 5.69 Å². The molecule has 0 unspecified atom stereocenters. The van der Waals surface area contributed by atoms with Gasteiger partial charge in [-0.2, -0.15) is 0 Å². The van der Waals surface area contributed by atoms with Crippen molar-refractivity contribution < 1.29 is 33.9 Å². The lowest BCUT2D eigenvalue weighted by atomic mass is 9.95. The quantitative estimate of drug-likeness (QED) is 0.317. The summed E-state index contributed by atoms with van der Waals surface area (Å²) in [5.41, 5.74) is -1.28. The third-order valence-electron chi connectivity index (χ3n) is 5.66. The molecule has 192 valence electrons. The fraction of sp³-hybridized carbons (Fsp3) is 0.400. The van der Waals surface area contributed by atoms with Crippen molar-refractivity contribution in [2.24, 2.45) is 0 Å². The van der Waals surface area contributed by atoms with Crippen molar-refractivity contribution in [1.29, 1.82) is 0 Å². The number of nitrogens with one attached hydrogen (secondary N) is 1. The van der Waals surface area contributed by atoms with Crippen molar-refractivity contribution in [3.63, 3.8) is 0 Å². The van der Waals surface area contributed by atoms with E-state index >= 15 is 0 Å². The van der Waals surface area contributed by atoms with E-state index < -0.39 is 40.1 Å². The molecule has 1 aliphatic rings. The van der Waals surface area contributed by atoms with Gasteiger partial charge in [-0.1, -0.05) is 42.5 Å². The number of nitrogens with zero attached hydrogens (tertiary/aromatic N) is 2. The summed E-state index contributed by atoms with van der Waals surface area (Å²) in [7, 11) is 0. The SMILES string of the molecule is CC(C)(C)OC(=O)[C@@H]1C[C@@](NCc2ccc([N+](=O)[O-])cc2)(C(=O)O)CN1C(=O)OCc1ccccc1. The number of rotatable bonds is 8. The van der Waals surface area contributed by atoms with Crippen LogP contribution < -0.4 is 5.32 Å². The molecular formula is C25H29N3O8. The number of carboxylic acid groups (broad SMARTS) is 1. The van der Waals surface area contributed by atoms with E-state index in [9.17, 15) is 29.6 Å². The van der Waals surface area contributed by atoms with Crippen molar-refractivity contribution in [3.8, 4) is 0 Å². The van der Waals surface area contributed by atoms with Crippen LogP contribution in [0.2, 0.25) is 0 Å². The van der Waals surface area contributed by atoms with E-state index in [-0.39, 0.29) is 31.8 Å². The number of ether oxygens (including phenoxy) is 2. The number of nitro groups is 1. The molecule has 36 heavy (non-hydrogen) atoms. The van der Waals surface area contributed by atoms with Crippen LogP contribution in [-0.4, -0.2) is 56.7 Å². The minimum absolute atomic E-state index is 0.0399. The Morgan fingerprint density at radius 3 is 2.31 bits per heavy atom. The van der Waals surface area contributed by atoms with E-state index in [0.29, 0.717) is 5.56 Å². The first-order chi connectivity index (χ1) is 16.9. The second-order valence-corrected chi connectivity index (χ2v) is 9.59. The van der Waals surface area contributed by atoms with Gasteiger partial charge in [-0.15, -0.1) is 0 Å². The number of carbonyl (C=O) groups is 3. The summed E-state index contributed by atoms with van der Waals surface area (Å²) >= 11 is 0. The number of benzene rings is 2. The molecule has 2 N–H and O–H groups in total. The maximum atomic E-state index is 13.0. The highest BCUT2D eigenvalue weighted by atomic mass is 16.6. The Hall–Kier alpha value is -3.99. The molecule has 1 heterocycles. The average molecular weight is 500 g/mol. The zero-order chi connectivity index (χ0) is 26.5. The first-order valence-electron chi connectivity index (χ1n) is 11.3. The molecule has 1 aliphatic heterocycles. The van der Waals surface area contributed by atoms with Crippen LogP contribution in [0.3, 0.4) is 0 Å². The smallest absolute Gasteiger partial charge is 0.410 e. The average Bonchev–Trinajstić information content (AvgIpc) is 3.23. The van der Waals surface area contributed by atoms with Gasteiger partial charge in [-0.25, -0.2) is 9.59 Å². The summed E-state index contributed by atoms with van der Waals surface area (Å²) in [6, 6.07) is 13.4. The molecule has 11 nitrogen and oxygen atoms in total. The maximum absolute atomic E-state index is 13.0. The fourth-order valence-electron chi connectivity index (χ4n) is 3.85. The summed E-state index contributed by atoms with van der Waals surface area (Å²) in [6.45, 7) is 4.68. The molecule has 0 spiro atoms. The highest BCUT2D eigenvalue weighted by molar-refractivity contribution is 5.88. The van der Waals surface area contributed by atoms with Crippen LogP contribution in [0.25, 0.3) is 0 Å². The molecular weight excluding hydrogens is 470 g/mol. The van der Waals surface area contributed by atoms with Crippen LogP contribution in [0.15, 0.2) is 54.6 Å². The number of nitro benzene ring substituents is 1. The summed E-state index contributed by atoms with van der Waals surface area (Å²) < 4.78 is 10.9. The molecule has 2 atom stereocenters. The molecule has 1 fully saturated rings. The normalized spacial score (nSPS) is 19.5. The van der Waals surface area contributed by atoms with Gasteiger partial charge in [-0.05, 0) is 31.9 Å². The van der Waals surface area contributed by atoms with Crippen LogP contribution in [0.1, 0.15) is 38.3 Å². The zero-order valence-electron chi connectivity index (χ0n) is 20.3. The number of hydrogen-bond donors (Lipinski definition) is 2. The topological polar surface area (TPSA) is 148 Å². The molecule has 3 rings (SSSR count). The monoisotopic (exact) mass is 499 g/mol. The van der Waals surface area contributed by atoms with Gasteiger partial charge in [0, 0.05) is 25.1 Å². The molecule has 0 aromatic heterocycles. The van der Waals surface area contributed by atoms with E-state index in [0.717, 1.165) is 10.5 Å². The standard InChI is InChI=1S/C25H29N3O8/c1-24(2,3)36-21(29)20-13-25(22(30)31,26-14-17-9-11-19(12-10-17)28(33)34)16-27(20)23(32)35-15-18-7-5-4-6-8-18/h4-12,20,26H,13-16H2,1-3H3,(H,30,31)/t20-,25-/m0/s1. The molecule has 2 aromatic carbocycles. The summed E-state index contributed by atoms with van der Waals surface area (Å²) in [6.07, 6.45) is -1.08. The highest BCUT2D eigenvalue weighted by Crippen LogP contribution is 2.31. The number of carbonyl (C=O) groups excluding carboxylic acids is 2. The molecule has 0 radical (unpaired) electrons. The number of carboxylic acids is 1. The molecule has 0 aliphatic carbocycles.